The molecule has 136 valence electrons. The maximum Gasteiger partial charge on any atom is 0.243 e. The molecule has 0 aromatic heterocycles. The van der Waals surface area contributed by atoms with Crippen molar-refractivity contribution in [2.45, 2.75) is 49.8 Å². The topological polar surface area (TPSA) is 66.5 Å². The monoisotopic (exact) mass is 362 g/mol. The van der Waals surface area contributed by atoms with Gasteiger partial charge in [0.25, 0.3) is 0 Å². The highest BCUT2D eigenvalue weighted by Gasteiger charge is 2.25. The third-order valence-corrected chi connectivity index (χ3v) is 6.78. The van der Waals surface area contributed by atoms with E-state index >= 15 is 0 Å². The summed E-state index contributed by atoms with van der Waals surface area (Å²) in [5.41, 5.74) is 0.544. The van der Waals surface area contributed by atoms with Crippen molar-refractivity contribution in [1.29, 1.82) is 0 Å². The van der Waals surface area contributed by atoms with Gasteiger partial charge in [0.15, 0.2) is 0 Å². The molecule has 1 fully saturated rings. The molecule has 0 radical (unpaired) electrons. The summed E-state index contributed by atoms with van der Waals surface area (Å²) in [6.07, 6.45) is 10.6. The van der Waals surface area contributed by atoms with E-state index in [9.17, 15) is 13.2 Å². The minimum Gasteiger partial charge on any atom is -0.326 e. The number of amides is 1. The number of benzene rings is 1. The highest BCUT2D eigenvalue weighted by molar-refractivity contribution is 7.89. The summed E-state index contributed by atoms with van der Waals surface area (Å²) in [5.74, 6) is 0.227. The normalized spacial score (nSPS) is 21.8. The zero-order chi connectivity index (χ0) is 17.7. The molecule has 0 bridgehead atoms. The summed E-state index contributed by atoms with van der Waals surface area (Å²) < 4.78 is 27.3. The summed E-state index contributed by atoms with van der Waals surface area (Å²) >= 11 is 0. The Kier molecular flexibility index (Phi) is 5.91. The van der Waals surface area contributed by atoms with Crippen LogP contribution < -0.4 is 5.32 Å². The quantitative estimate of drug-likeness (QED) is 0.815. The minimum atomic E-state index is -3.50. The van der Waals surface area contributed by atoms with Crippen molar-refractivity contribution in [2.24, 2.45) is 5.92 Å². The van der Waals surface area contributed by atoms with Gasteiger partial charge < -0.3 is 5.32 Å². The molecule has 1 aliphatic heterocycles. The second kappa shape index (κ2) is 8.15. The second-order valence-electron chi connectivity index (χ2n) is 6.86. The first-order valence-electron chi connectivity index (χ1n) is 9.12. The Morgan fingerprint density at radius 3 is 2.60 bits per heavy atom. The maximum absolute atomic E-state index is 12.9. The van der Waals surface area contributed by atoms with E-state index in [1.54, 1.807) is 28.6 Å². The number of allylic oxidation sites excluding steroid dienone is 2. The van der Waals surface area contributed by atoms with Crippen molar-refractivity contribution < 1.29 is 13.2 Å². The molecule has 1 aromatic carbocycles. The molecule has 5 nitrogen and oxygen atoms in total. The third-order valence-electron chi connectivity index (χ3n) is 4.88. The van der Waals surface area contributed by atoms with Gasteiger partial charge in [0.2, 0.25) is 15.9 Å². The average molecular weight is 362 g/mol. The van der Waals surface area contributed by atoms with Gasteiger partial charge >= 0.3 is 0 Å². The Hall–Kier alpha value is -1.66. The van der Waals surface area contributed by atoms with Crippen LogP contribution in [0.5, 0.6) is 0 Å². The number of sulfonamides is 1. The van der Waals surface area contributed by atoms with Crippen molar-refractivity contribution in [3.63, 3.8) is 0 Å². The van der Waals surface area contributed by atoms with Crippen molar-refractivity contribution in [3.8, 4) is 0 Å². The summed E-state index contributed by atoms with van der Waals surface area (Å²) in [7, 11) is -3.50. The molecule has 3 rings (SSSR count). The number of carbonyl (C=O) groups excluding carboxylic acids is 1. The van der Waals surface area contributed by atoms with E-state index in [0.29, 0.717) is 31.1 Å². The zero-order valence-electron chi connectivity index (χ0n) is 14.5. The van der Waals surface area contributed by atoms with E-state index in [1.165, 1.54) is 0 Å². The SMILES string of the molecule is O=C(C[C@@H]1C=CCC1)Nc1cccc(S(=O)(=O)N2CCCCCC2)c1. The number of anilines is 1. The lowest BCUT2D eigenvalue weighted by molar-refractivity contribution is -0.116. The second-order valence-corrected chi connectivity index (χ2v) is 8.80. The van der Waals surface area contributed by atoms with Crippen LogP contribution in [0.2, 0.25) is 0 Å². The molecule has 1 heterocycles. The molecule has 0 unspecified atom stereocenters. The smallest absolute Gasteiger partial charge is 0.243 e. The zero-order valence-corrected chi connectivity index (χ0v) is 15.3. The Morgan fingerprint density at radius 2 is 1.92 bits per heavy atom. The van der Waals surface area contributed by atoms with Crippen LogP contribution in [-0.4, -0.2) is 31.7 Å². The van der Waals surface area contributed by atoms with E-state index in [2.05, 4.69) is 17.5 Å². The van der Waals surface area contributed by atoms with Crippen LogP contribution in [0.1, 0.15) is 44.9 Å². The van der Waals surface area contributed by atoms with Gasteiger partial charge in [-0.1, -0.05) is 31.1 Å². The first-order valence-corrected chi connectivity index (χ1v) is 10.6. The Labute approximate surface area is 150 Å². The molecule has 1 atom stereocenters. The summed E-state index contributed by atoms with van der Waals surface area (Å²) in [4.78, 5) is 12.4. The van der Waals surface area contributed by atoms with Crippen LogP contribution in [-0.2, 0) is 14.8 Å². The van der Waals surface area contributed by atoms with Gasteiger partial charge in [-0.2, -0.15) is 4.31 Å². The lowest BCUT2D eigenvalue weighted by Gasteiger charge is -2.20. The van der Waals surface area contributed by atoms with Crippen molar-refractivity contribution >= 4 is 21.6 Å². The molecule has 0 spiro atoms. The minimum absolute atomic E-state index is 0.0686. The summed E-state index contributed by atoms with van der Waals surface area (Å²) in [6, 6.07) is 6.61. The van der Waals surface area contributed by atoms with Gasteiger partial charge in [0.05, 0.1) is 4.90 Å². The van der Waals surface area contributed by atoms with Crippen LogP contribution in [0.4, 0.5) is 5.69 Å². The number of rotatable bonds is 5. The number of nitrogens with zero attached hydrogens (tertiary/aromatic N) is 1. The predicted octanol–water partition coefficient (Wildman–Crippen LogP) is 3.55. The fourth-order valence-electron chi connectivity index (χ4n) is 3.48. The van der Waals surface area contributed by atoms with E-state index in [4.69, 9.17) is 0 Å². The highest BCUT2D eigenvalue weighted by atomic mass is 32.2. The Balaban J connectivity index is 1.69. The van der Waals surface area contributed by atoms with Crippen molar-refractivity contribution in [2.75, 3.05) is 18.4 Å². The fourth-order valence-corrected chi connectivity index (χ4v) is 5.04. The number of hydrogen-bond acceptors (Lipinski definition) is 3. The fraction of sp³-hybridized carbons (Fsp3) is 0.526. The number of nitrogens with one attached hydrogen (secondary N) is 1. The predicted molar refractivity (Wildman–Crippen MR) is 98.8 cm³/mol. The van der Waals surface area contributed by atoms with Crippen LogP contribution in [0.25, 0.3) is 0 Å². The third kappa shape index (κ3) is 4.70. The molecule has 1 N–H and O–H groups in total. The molecule has 1 aliphatic carbocycles. The maximum atomic E-state index is 12.9. The Bertz CT molecular complexity index is 735. The average Bonchev–Trinajstić information content (AvgIpc) is 2.93. The molecule has 1 saturated heterocycles. The van der Waals surface area contributed by atoms with Crippen molar-refractivity contribution in [3.05, 3.63) is 36.4 Å². The van der Waals surface area contributed by atoms with Crippen LogP contribution in [0, 0.1) is 5.92 Å². The van der Waals surface area contributed by atoms with Gasteiger partial charge in [-0.15, -0.1) is 0 Å². The van der Waals surface area contributed by atoms with Gasteiger partial charge in [-0.3, -0.25) is 4.79 Å². The van der Waals surface area contributed by atoms with Gasteiger partial charge in [0, 0.05) is 25.2 Å². The first kappa shape index (κ1) is 18.1. The lowest BCUT2D eigenvalue weighted by Crippen LogP contribution is -2.32. The molecule has 0 saturated carbocycles. The summed E-state index contributed by atoms with van der Waals surface area (Å²) in [6.45, 7) is 1.15. The van der Waals surface area contributed by atoms with Crippen LogP contribution in [0.3, 0.4) is 0 Å². The van der Waals surface area contributed by atoms with Gasteiger partial charge in [-0.05, 0) is 49.8 Å². The largest absolute Gasteiger partial charge is 0.326 e. The van der Waals surface area contributed by atoms with E-state index < -0.39 is 10.0 Å². The molecule has 25 heavy (non-hydrogen) atoms. The van der Waals surface area contributed by atoms with E-state index in [1.807, 2.05) is 0 Å². The number of hydrogen-bond donors (Lipinski definition) is 1. The van der Waals surface area contributed by atoms with Gasteiger partial charge in [0.1, 0.15) is 0 Å². The summed E-state index contributed by atoms with van der Waals surface area (Å²) in [5, 5.41) is 2.84. The van der Waals surface area contributed by atoms with Crippen LogP contribution in [0.15, 0.2) is 41.3 Å². The number of carbonyl (C=O) groups is 1. The highest BCUT2D eigenvalue weighted by Crippen LogP contribution is 2.24. The molecule has 1 amide bonds. The molecule has 6 heteroatoms. The molecular weight excluding hydrogens is 336 g/mol. The van der Waals surface area contributed by atoms with E-state index in [0.717, 1.165) is 38.5 Å². The van der Waals surface area contributed by atoms with Crippen LogP contribution >= 0.6 is 0 Å². The van der Waals surface area contributed by atoms with Crippen molar-refractivity contribution in [1.82, 2.24) is 4.31 Å². The first-order chi connectivity index (χ1) is 12.1. The molecule has 1 aromatic rings. The molecule has 2 aliphatic rings. The molecular formula is C19H26N2O3S. The van der Waals surface area contributed by atoms with E-state index in [-0.39, 0.29) is 10.8 Å². The standard InChI is InChI=1S/C19H26N2O3S/c22-19(14-16-8-3-4-9-16)20-17-10-7-11-18(15-17)25(23,24)21-12-5-1-2-6-13-21/h3,7-8,10-11,15-16H,1-2,4-6,9,12-14H2,(H,20,22)/t16-/m1/s1. The van der Waals surface area contributed by atoms with Gasteiger partial charge in [-0.25, -0.2) is 8.42 Å². The Morgan fingerprint density at radius 1 is 1.16 bits per heavy atom. The lowest BCUT2D eigenvalue weighted by atomic mass is 10.1.